The Morgan fingerprint density at radius 3 is 2.58 bits per heavy atom. The molecule has 0 unspecified atom stereocenters. The van der Waals surface area contributed by atoms with E-state index in [1.54, 1.807) is 0 Å². The molecule has 0 amide bonds. The zero-order chi connectivity index (χ0) is 17.0. The van der Waals surface area contributed by atoms with E-state index in [1.807, 2.05) is 6.08 Å². The molecule has 1 aliphatic heterocycles. The fourth-order valence-electron chi connectivity index (χ4n) is 2.86. The predicted molar refractivity (Wildman–Crippen MR) is 104 cm³/mol. The minimum Gasteiger partial charge on any atom is -0.369 e. The minimum absolute atomic E-state index is 0.743. The molecule has 2 rings (SSSR count). The van der Waals surface area contributed by atoms with E-state index in [1.165, 1.54) is 5.69 Å². The molecule has 1 heterocycles. The number of aliphatic imine (C=N–C) groups is 1. The molecule has 5 heteroatoms. The Hall–Kier alpha value is -2.01. The first-order valence-electron chi connectivity index (χ1n) is 8.99. The lowest BCUT2D eigenvalue weighted by Gasteiger charge is -2.36. The predicted octanol–water partition coefficient (Wildman–Crippen LogP) is 1.94. The zero-order valence-electron chi connectivity index (χ0n) is 14.9. The van der Waals surface area contributed by atoms with Gasteiger partial charge in [0.05, 0.1) is 0 Å². The Kier molecular flexibility index (Phi) is 8.18. The lowest BCUT2D eigenvalue weighted by molar-refractivity contribution is 0.256. The van der Waals surface area contributed by atoms with Gasteiger partial charge in [-0.25, -0.2) is 0 Å². The highest BCUT2D eigenvalue weighted by Gasteiger charge is 2.16. The average Bonchev–Trinajstić information content (AvgIpc) is 2.64. The number of piperazine rings is 1. The molecule has 0 aromatic heterocycles. The maximum Gasteiger partial charge on any atom is 0.191 e. The molecule has 0 aliphatic carbocycles. The molecule has 1 aromatic carbocycles. The van der Waals surface area contributed by atoms with Crippen LogP contribution in [0.25, 0.3) is 0 Å². The molecule has 0 spiro atoms. The third kappa shape index (κ3) is 6.24. The third-order valence-electron chi connectivity index (χ3n) is 4.15. The standard InChI is InChI=1S/C19H31N5/c1-3-11-21-19(20-4-2)22-12-8-13-23-14-16-24(17-15-23)18-9-6-5-7-10-18/h3,5-7,9-10H,1,4,8,11-17H2,2H3,(H2,20,21,22). The summed E-state index contributed by atoms with van der Waals surface area (Å²) < 4.78 is 0. The Labute approximate surface area is 146 Å². The van der Waals surface area contributed by atoms with E-state index in [0.29, 0.717) is 0 Å². The molecule has 2 N–H and O–H groups in total. The van der Waals surface area contributed by atoms with E-state index in [4.69, 9.17) is 0 Å². The van der Waals surface area contributed by atoms with Crippen LogP contribution in [-0.4, -0.2) is 63.2 Å². The van der Waals surface area contributed by atoms with Crippen molar-refractivity contribution in [3.63, 3.8) is 0 Å². The maximum absolute atomic E-state index is 4.61. The number of hydrogen-bond acceptors (Lipinski definition) is 3. The Morgan fingerprint density at radius 1 is 1.17 bits per heavy atom. The fourth-order valence-corrected chi connectivity index (χ4v) is 2.86. The number of anilines is 1. The Morgan fingerprint density at radius 2 is 1.92 bits per heavy atom. The second-order valence-corrected chi connectivity index (χ2v) is 5.95. The van der Waals surface area contributed by atoms with Gasteiger partial charge in [-0.05, 0) is 25.5 Å². The molecular weight excluding hydrogens is 298 g/mol. The molecule has 1 aromatic rings. The number of para-hydroxylation sites is 1. The summed E-state index contributed by atoms with van der Waals surface area (Å²) in [6.45, 7) is 13.9. The molecule has 1 saturated heterocycles. The van der Waals surface area contributed by atoms with E-state index >= 15 is 0 Å². The van der Waals surface area contributed by atoms with Crippen molar-refractivity contribution in [1.82, 2.24) is 15.5 Å². The fraction of sp³-hybridized carbons (Fsp3) is 0.526. The van der Waals surface area contributed by atoms with E-state index in [9.17, 15) is 0 Å². The van der Waals surface area contributed by atoms with Crippen LogP contribution in [0.1, 0.15) is 13.3 Å². The molecule has 0 radical (unpaired) electrons. The molecule has 132 valence electrons. The van der Waals surface area contributed by atoms with Crippen LogP contribution in [0, 0.1) is 0 Å². The van der Waals surface area contributed by atoms with Crippen LogP contribution in [0.4, 0.5) is 5.69 Å². The molecule has 24 heavy (non-hydrogen) atoms. The molecule has 5 nitrogen and oxygen atoms in total. The van der Waals surface area contributed by atoms with Gasteiger partial charge in [0, 0.05) is 58.0 Å². The summed E-state index contributed by atoms with van der Waals surface area (Å²) >= 11 is 0. The molecule has 0 saturated carbocycles. The van der Waals surface area contributed by atoms with Crippen molar-refractivity contribution in [2.24, 2.45) is 4.99 Å². The summed E-state index contributed by atoms with van der Waals surface area (Å²) in [5, 5.41) is 6.48. The van der Waals surface area contributed by atoms with E-state index in [0.717, 1.165) is 64.7 Å². The largest absolute Gasteiger partial charge is 0.369 e. The Balaban J connectivity index is 1.66. The summed E-state index contributed by atoms with van der Waals surface area (Å²) in [4.78, 5) is 9.62. The first-order chi connectivity index (χ1) is 11.8. The van der Waals surface area contributed by atoms with Gasteiger partial charge in [0.2, 0.25) is 0 Å². The first-order valence-corrected chi connectivity index (χ1v) is 8.99. The summed E-state index contributed by atoms with van der Waals surface area (Å²) in [7, 11) is 0. The number of hydrogen-bond donors (Lipinski definition) is 2. The lowest BCUT2D eigenvalue weighted by Crippen LogP contribution is -2.46. The monoisotopic (exact) mass is 329 g/mol. The van der Waals surface area contributed by atoms with Crippen molar-refractivity contribution < 1.29 is 0 Å². The van der Waals surface area contributed by atoms with E-state index in [-0.39, 0.29) is 0 Å². The molecule has 0 atom stereocenters. The van der Waals surface area contributed by atoms with Crippen molar-refractivity contribution in [1.29, 1.82) is 0 Å². The third-order valence-corrected chi connectivity index (χ3v) is 4.15. The second-order valence-electron chi connectivity index (χ2n) is 5.95. The minimum atomic E-state index is 0.743. The molecule has 1 aliphatic rings. The normalized spacial score (nSPS) is 16.0. The summed E-state index contributed by atoms with van der Waals surface area (Å²) in [6.07, 6.45) is 2.94. The molecule has 1 fully saturated rings. The van der Waals surface area contributed by atoms with Gasteiger partial charge in [0.15, 0.2) is 5.96 Å². The van der Waals surface area contributed by atoms with Crippen LogP contribution in [0.15, 0.2) is 48.0 Å². The number of nitrogens with one attached hydrogen (secondary N) is 2. The second kappa shape index (κ2) is 10.7. The van der Waals surface area contributed by atoms with Crippen LogP contribution in [-0.2, 0) is 0 Å². The number of nitrogens with zero attached hydrogens (tertiary/aromatic N) is 3. The molecular formula is C19H31N5. The topological polar surface area (TPSA) is 42.9 Å². The summed E-state index contributed by atoms with van der Waals surface area (Å²) in [6, 6.07) is 10.7. The Bertz CT molecular complexity index is 492. The SMILES string of the molecule is C=CCNC(=NCCCN1CCN(c2ccccc2)CC1)NCC. The van der Waals surface area contributed by atoms with E-state index < -0.39 is 0 Å². The van der Waals surface area contributed by atoms with Gasteiger partial charge in [0.25, 0.3) is 0 Å². The van der Waals surface area contributed by atoms with Gasteiger partial charge in [-0.15, -0.1) is 6.58 Å². The van der Waals surface area contributed by atoms with E-state index in [2.05, 4.69) is 69.3 Å². The van der Waals surface area contributed by atoms with Crippen LogP contribution in [0.3, 0.4) is 0 Å². The van der Waals surface area contributed by atoms with Gasteiger partial charge in [0.1, 0.15) is 0 Å². The van der Waals surface area contributed by atoms with Crippen LogP contribution >= 0.6 is 0 Å². The number of benzene rings is 1. The summed E-state index contributed by atoms with van der Waals surface area (Å²) in [5.41, 5.74) is 1.34. The highest BCUT2D eigenvalue weighted by Crippen LogP contribution is 2.15. The highest BCUT2D eigenvalue weighted by molar-refractivity contribution is 5.79. The van der Waals surface area contributed by atoms with Crippen LogP contribution in [0.2, 0.25) is 0 Å². The van der Waals surface area contributed by atoms with Gasteiger partial charge in [-0.2, -0.15) is 0 Å². The average molecular weight is 329 g/mol. The van der Waals surface area contributed by atoms with Gasteiger partial charge >= 0.3 is 0 Å². The molecule has 0 bridgehead atoms. The number of rotatable bonds is 8. The van der Waals surface area contributed by atoms with Crippen molar-refractivity contribution in [3.05, 3.63) is 43.0 Å². The quantitative estimate of drug-likeness (QED) is 0.331. The lowest BCUT2D eigenvalue weighted by atomic mass is 10.2. The van der Waals surface area contributed by atoms with Gasteiger partial charge in [-0.3, -0.25) is 9.89 Å². The van der Waals surface area contributed by atoms with Crippen LogP contribution < -0.4 is 15.5 Å². The first kappa shape index (κ1) is 18.3. The van der Waals surface area contributed by atoms with Crippen molar-refractivity contribution in [2.75, 3.05) is 57.3 Å². The van der Waals surface area contributed by atoms with Crippen molar-refractivity contribution >= 4 is 11.6 Å². The highest BCUT2D eigenvalue weighted by atomic mass is 15.3. The maximum atomic E-state index is 4.61. The van der Waals surface area contributed by atoms with Gasteiger partial charge < -0.3 is 15.5 Å². The zero-order valence-corrected chi connectivity index (χ0v) is 14.9. The van der Waals surface area contributed by atoms with Crippen molar-refractivity contribution in [2.45, 2.75) is 13.3 Å². The van der Waals surface area contributed by atoms with Crippen molar-refractivity contribution in [3.8, 4) is 0 Å². The van der Waals surface area contributed by atoms with Gasteiger partial charge in [-0.1, -0.05) is 24.3 Å². The number of guanidine groups is 1. The summed E-state index contributed by atoms with van der Waals surface area (Å²) in [5.74, 6) is 0.881. The smallest absolute Gasteiger partial charge is 0.191 e. The van der Waals surface area contributed by atoms with Crippen LogP contribution in [0.5, 0.6) is 0 Å².